The van der Waals surface area contributed by atoms with Gasteiger partial charge in [-0.2, -0.15) is 0 Å². The third kappa shape index (κ3) is 5.80. The van der Waals surface area contributed by atoms with Crippen molar-refractivity contribution in [2.75, 3.05) is 25.6 Å². The van der Waals surface area contributed by atoms with Gasteiger partial charge in [0.15, 0.2) is 0 Å². The summed E-state index contributed by atoms with van der Waals surface area (Å²) in [4.78, 5) is 19.2. The average molecular weight is 352 g/mol. The van der Waals surface area contributed by atoms with Crippen LogP contribution in [0.25, 0.3) is 0 Å². The standard InChI is InChI=1S/C15H21N5OS2/c1-11-17-14(19-18-11)23-8-7-16-15(21)20(2)10-12-5-4-6-13(9-12)22-3/h4-6,9H,7-8,10H2,1-3H3,(H,16,21)(H,17,18,19). The zero-order chi connectivity index (χ0) is 16.7. The first-order valence-corrected chi connectivity index (χ1v) is 9.43. The summed E-state index contributed by atoms with van der Waals surface area (Å²) in [5, 5.41) is 10.4. The highest BCUT2D eigenvalue weighted by atomic mass is 32.2. The van der Waals surface area contributed by atoms with Crippen LogP contribution in [0.1, 0.15) is 11.4 Å². The van der Waals surface area contributed by atoms with Crippen molar-refractivity contribution in [2.24, 2.45) is 0 Å². The number of nitrogens with one attached hydrogen (secondary N) is 2. The Morgan fingerprint density at radius 1 is 1.43 bits per heavy atom. The van der Waals surface area contributed by atoms with Crippen molar-refractivity contribution < 1.29 is 4.79 Å². The number of carbonyl (C=O) groups is 1. The van der Waals surface area contributed by atoms with Gasteiger partial charge in [0.25, 0.3) is 0 Å². The van der Waals surface area contributed by atoms with Crippen molar-refractivity contribution in [3.05, 3.63) is 35.7 Å². The molecular formula is C15H21N5OS2. The van der Waals surface area contributed by atoms with E-state index in [1.165, 1.54) is 16.7 Å². The molecule has 2 N–H and O–H groups in total. The third-order valence-electron chi connectivity index (χ3n) is 3.09. The lowest BCUT2D eigenvalue weighted by Gasteiger charge is -2.18. The van der Waals surface area contributed by atoms with E-state index >= 15 is 0 Å². The van der Waals surface area contributed by atoms with Crippen LogP contribution in [0.15, 0.2) is 34.3 Å². The smallest absolute Gasteiger partial charge is 0.317 e. The van der Waals surface area contributed by atoms with E-state index in [2.05, 4.69) is 32.6 Å². The number of aryl methyl sites for hydroxylation is 1. The average Bonchev–Trinajstić information content (AvgIpc) is 2.97. The summed E-state index contributed by atoms with van der Waals surface area (Å²) in [6.45, 7) is 3.03. The number of nitrogens with zero attached hydrogens (tertiary/aromatic N) is 3. The maximum Gasteiger partial charge on any atom is 0.317 e. The monoisotopic (exact) mass is 351 g/mol. The number of rotatable bonds is 7. The minimum Gasteiger partial charge on any atom is -0.337 e. The Morgan fingerprint density at radius 3 is 2.96 bits per heavy atom. The maximum atomic E-state index is 12.1. The van der Waals surface area contributed by atoms with Crippen molar-refractivity contribution in [1.82, 2.24) is 25.4 Å². The van der Waals surface area contributed by atoms with Crippen molar-refractivity contribution in [3.8, 4) is 0 Å². The topological polar surface area (TPSA) is 73.9 Å². The summed E-state index contributed by atoms with van der Waals surface area (Å²) in [7, 11) is 1.80. The van der Waals surface area contributed by atoms with Crippen LogP contribution in [-0.2, 0) is 6.54 Å². The number of urea groups is 1. The predicted octanol–water partition coefficient (Wildman–Crippen LogP) is 2.77. The van der Waals surface area contributed by atoms with Gasteiger partial charge in [0.05, 0.1) is 0 Å². The van der Waals surface area contributed by atoms with E-state index in [1.807, 2.05) is 25.3 Å². The van der Waals surface area contributed by atoms with Crippen LogP contribution in [0, 0.1) is 6.92 Å². The summed E-state index contributed by atoms with van der Waals surface area (Å²) in [5.41, 5.74) is 1.13. The fourth-order valence-electron chi connectivity index (χ4n) is 1.94. The van der Waals surface area contributed by atoms with Gasteiger partial charge in [-0.05, 0) is 30.9 Å². The molecular weight excluding hydrogens is 330 g/mol. The highest BCUT2D eigenvalue weighted by Crippen LogP contribution is 2.16. The number of aromatic nitrogens is 3. The first-order valence-electron chi connectivity index (χ1n) is 7.22. The second-order valence-corrected chi connectivity index (χ2v) is 6.93. The molecule has 0 aliphatic carbocycles. The number of carbonyl (C=O) groups excluding carboxylic acids is 1. The quantitative estimate of drug-likeness (QED) is 0.593. The molecule has 1 aromatic carbocycles. The number of amides is 2. The lowest BCUT2D eigenvalue weighted by atomic mass is 10.2. The Morgan fingerprint density at radius 2 is 2.26 bits per heavy atom. The first-order chi connectivity index (χ1) is 11.1. The summed E-state index contributed by atoms with van der Waals surface area (Å²) < 4.78 is 0. The zero-order valence-corrected chi connectivity index (χ0v) is 15.1. The Bertz CT molecular complexity index is 646. The fourth-order valence-corrected chi connectivity index (χ4v) is 3.12. The molecule has 0 saturated heterocycles. The first kappa shape index (κ1) is 17.7. The largest absolute Gasteiger partial charge is 0.337 e. The predicted molar refractivity (Wildman–Crippen MR) is 94.9 cm³/mol. The molecule has 0 bridgehead atoms. The molecule has 6 nitrogen and oxygen atoms in total. The number of aromatic amines is 1. The van der Waals surface area contributed by atoms with E-state index in [4.69, 9.17) is 0 Å². The van der Waals surface area contributed by atoms with Crippen LogP contribution in [0.3, 0.4) is 0 Å². The molecule has 1 aromatic heterocycles. The van der Waals surface area contributed by atoms with E-state index in [0.29, 0.717) is 18.2 Å². The second kappa shape index (κ2) is 8.83. The van der Waals surface area contributed by atoms with E-state index in [0.717, 1.165) is 17.1 Å². The molecule has 124 valence electrons. The number of thioether (sulfide) groups is 2. The molecule has 2 aromatic rings. The Labute approximate surface area is 144 Å². The highest BCUT2D eigenvalue weighted by molar-refractivity contribution is 7.99. The number of benzene rings is 1. The minimum absolute atomic E-state index is 0.0775. The molecule has 0 aliphatic heterocycles. The molecule has 0 aliphatic rings. The van der Waals surface area contributed by atoms with Gasteiger partial charge in [-0.25, -0.2) is 9.78 Å². The zero-order valence-electron chi connectivity index (χ0n) is 13.5. The summed E-state index contributed by atoms with van der Waals surface area (Å²) in [5.74, 6) is 1.53. The molecule has 0 saturated carbocycles. The van der Waals surface area contributed by atoms with Crippen LogP contribution in [0.2, 0.25) is 0 Å². The van der Waals surface area contributed by atoms with E-state index < -0.39 is 0 Å². The second-order valence-electron chi connectivity index (χ2n) is 4.99. The molecule has 0 radical (unpaired) electrons. The van der Waals surface area contributed by atoms with Crippen LogP contribution in [-0.4, -0.2) is 51.7 Å². The van der Waals surface area contributed by atoms with Crippen molar-refractivity contribution in [3.63, 3.8) is 0 Å². The van der Waals surface area contributed by atoms with Gasteiger partial charge in [-0.1, -0.05) is 23.9 Å². The number of H-pyrrole nitrogens is 1. The molecule has 0 spiro atoms. The molecule has 2 amide bonds. The van der Waals surface area contributed by atoms with Gasteiger partial charge >= 0.3 is 6.03 Å². The van der Waals surface area contributed by atoms with E-state index in [9.17, 15) is 4.79 Å². The molecule has 8 heteroatoms. The molecule has 0 fully saturated rings. The SMILES string of the molecule is CSc1cccc(CN(C)C(=O)NCCSc2n[nH]c(C)n2)c1. The summed E-state index contributed by atoms with van der Waals surface area (Å²) >= 11 is 3.21. The third-order valence-corrected chi connectivity index (χ3v) is 4.66. The molecule has 0 unspecified atom stereocenters. The summed E-state index contributed by atoms with van der Waals surface area (Å²) in [6.07, 6.45) is 2.04. The number of hydrogen-bond acceptors (Lipinski definition) is 5. The van der Waals surface area contributed by atoms with Crippen molar-refractivity contribution >= 4 is 29.6 Å². The van der Waals surface area contributed by atoms with Gasteiger partial charge < -0.3 is 10.2 Å². The van der Waals surface area contributed by atoms with Gasteiger partial charge in [-0.3, -0.25) is 5.10 Å². The highest BCUT2D eigenvalue weighted by Gasteiger charge is 2.09. The van der Waals surface area contributed by atoms with E-state index in [-0.39, 0.29) is 6.03 Å². The Balaban J connectivity index is 1.71. The Kier molecular flexibility index (Phi) is 6.79. The van der Waals surface area contributed by atoms with Crippen molar-refractivity contribution in [1.29, 1.82) is 0 Å². The molecule has 1 heterocycles. The van der Waals surface area contributed by atoms with Crippen LogP contribution in [0.5, 0.6) is 0 Å². The van der Waals surface area contributed by atoms with Crippen LogP contribution >= 0.6 is 23.5 Å². The van der Waals surface area contributed by atoms with Gasteiger partial charge in [0, 0.05) is 30.8 Å². The van der Waals surface area contributed by atoms with Gasteiger partial charge in [-0.15, -0.1) is 16.9 Å². The van der Waals surface area contributed by atoms with Crippen LogP contribution < -0.4 is 5.32 Å². The minimum atomic E-state index is -0.0775. The molecule has 2 rings (SSSR count). The molecule has 0 atom stereocenters. The normalized spacial score (nSPS) is 10.6. The molecule has 23 heavy (non-hydrogen) atoms. The lowest BCUT2D eigenvalue weighted by molar-refractivity contribution is 0.207. The number of hydrogen-bond donors (Lipinski definition) is 2. The fraction of sp³-hybridized carbons (Fsp3) is 0.400. The van der Waals surface area contributed by atoms with Crippen LogP contribution in [0.4, 0.5) is 4.79 Å². The van der Waals surface area contributed by atoms with E-state index in [1.54, 1.807) is 23.7 Å². The van der Waals surface area contributed by atoms with Gasteiger partial charge in [0.2, 0.25) is 5.16 Å². The van der Waals surface area contributed by atoms with Crippen molar-refractivity contribution in [2.45, 2.75) is 23.5 Å². The maximum absolute atomic E-state index is 12.1. The Hall–Kier alpha value is -1.67. The van der Waals surface area contributed by atoms with Gasteiger partial charge in [0.1, 0.15) is 5.82 Å². The summed E-state index contributed by atoms with van der Waals surface area (Å²) in [6, 6.07) is 8.14. The lowest BCUT2D eigenvalue weighted by Crippen LogP contribution is -2.37.